The van der Waals surface area contributed by atoms with Gasteiger partial charge >= 0.3 is 173 Å². The Bertz CT molecular complexity index is 1160. The molecule has 1 aliphatic heterocycles. The molecule has 0 spiro atoms. The van der Waals surface area contributed by atoms with Crippen LogP contribution in [0.1, 0.15) is 19.8 Å². The Morgan fingerprint density at radius 2 is 1.21 bits per heavy atom. The number of unbranched alkanes of at least 4 members (excludes halogenated alkanes) is 1. The van der Waals surface area contributed by atoms with Gasteiger partial charge in [0.05, 0.1) is 0 Å². The van der Waals surface area contributed by atoms with Gasteiger partial charge in [0.25, 0.3) is 0 Å². The van der Waals surface area contributed by atoms with Gasteiger partial charge in [-0.15, -0.1) is 0 Å². The summed E-state index contributed by atoms with van der Waals surface area (Å²) in [7, 11) is 0. The van der Waals surface area contributed by atoms with Gasteiger partial charge in [-0.2, -0.15) is 0 Å². The van der Waals surface area contributed by atoms with E-state index < -0.39 is 5.96 Å². The molecular formula is C24H21O2PSe. The minimum atomic E-state index is -2.17. The van der Waals surface area contributed by atoms with E-state index in [9.17, 15) is 0 Å². The molecule has 0 radical (unpaired) electrons. The molecule has 0 atom stereocenters. The van der Waals surface area contributed by atoms with Gasteiger partial charge in [-0.1, -0.05) is 0 Å². The minimum absolute atomic E-state index is 0.905. The molecule has 5 rings (SSSR count). The van der Waals surface area contributed by atoms with Crippen LogP contribution < -0.4 is 9.05 Å². The van der Waals surface area contributed by atoms with Crippen molar-refractivity contribution < 1.29 is 9.05 Å². The van der Waals surface area contributed by atoms with Gasteiger partial charge in [-0.3, -0.25) is 0 Å². The third-order valence-electron chi connectivity index (χ3n) is 5.29. The number of hydrogen-bond acceptors (Lipinski definition) is 2. The van der Waals surface area contributed by atoms with Crippen LogP contribution in [0.5, 0.6) is 11.5 Å². The van der Waals surface area contributed by atoms with E-state index in [4.69, 9.17) is 9.05 Å². The molecule has 28 heavy (non-hydrogen) atoms. The standard InChI is InChI=1S/C24H21O2PSe/c1-2-3-16-27(28)25-21-14-12-17-8-4-6-10-19(17)23(21)24-20-11-7-5-9-18(20)13-15-22(24)26-27/h4-15H,2-3,16H2,1H3. The van der Waals surface area contributed by atoms with Gasteiger partial charge in [0.15, 0.2) is 0 Å². The first-order chi connectivity index (χ1) is 13.7. The van der Waals surface area contributed by atoms with E-state index in [0.29, 0.717) is 0 Å². The Hall–Kier alpha value is -2.05. The van der Waals surface area contributed by atoms with Crippen molar-refractivity contribution in [3.05, 3.63) is 72.8 Å². The van der Waals surface area contributed by atoms with Crippen molar-refractivity contribution in [3.8, 4) is 22.6 Å². The maximum atomic E-state index is 6.62. The van der Waals surface area contributed by atoms with E-state index >= 15 is 0 Å². The summed E-state index contributed by atoms with van der Waals surface area (Å²) in [6, 6.07) is 25.5. The van der Waals surface area contributed by atoms with E-state index in [0.717, 1.165) is 41.6 Å². The van der Waals surface area contributed by atoms with E-state index in [2.05, 4.69) is 94.8 Å². The topological polar surface area (TPSA) is 18.5 Å². The molecule has 0 bridgehead atoms. The van der Waals surface area contributed by atoms with Crippen molar-refractivity contribution in [3.63, 3.8) is 0 Å². The quantitative estimate of drug-likeness (QED) is 0.243. The summed E-state index contributed by atoms with van der Waals surface area (Å²) >= 11 is 3.31. The Morgan fingerprint density at radius 3 is 1.71 bits per heavy atom. The predicted octanol–water partition coefficient (Wildman–Crippen LogP) is 7.16. The summed E-state index contributed by atoms with van der Waals surface area (Å²) in [4.78, 5) is 0. The Kier molecular flexibility index (Phi) is 4.56. The van der Waals surface area contributed by atoms with Crippen LogP contribution in [0.25, 0.3) is 32.7 Å². The normalized spacial score (nSPS) is 14.6. The number of rotatable bonds is 3. The van der Waals surface area contributed by atoms with Gasteiger partial charge in [0, 0.05) is 0 Å². The van der Waals surface area contributed by atoms with Crippen molar-refractivity contribution in [1.82, 2.24) is 0 Å². The summed E-state index contributed by atoms with van der Waals surface area (Å²) in [5.41, 5.74) is 2.28. The summed E-state index contributed by atoms with van der Waals surface area (Å²) in [6.45, 7) is 2.20. The van der Waals surface area contributed by atoms with Crippen LogP contribution in [0.15, 0.2) is 72.8 Å². The van der Waals surface area contributed by atoms with Crippen LogP contribution in [0.3, 0.4) is 0 Å². The van der Waals surface area contributed by atoms with Gasteiger partial charge in [0.2, 0.25) is 0 Å². The number of benzene rings is 4. The Labute approximate surface area is 172 Å². The summed E-state index contributed by atoms with van der Waals surface area (Å²) < 4.78 is 13.2. The van der Waals surface area contributed by atoms with Crippen LogP contribution >= 0.6 is 5.96 Å². The average molecular weight is 451 g/mol. The van der Waals surface area contributed by atoms with Crippen molar-refractivity contribution in [2.24, 2.45) is 0 Å². The molecule has 4 aromatic rings. The van der Waals surface area contributed by atoms with E-state index in [1.807, 2.05) is 0 Å². The first kappa shape index (κ1) is 18.0. The molecule has 1 heterocycles. The summed E-state index contributed by atoms with van der Waals surface area (Å²) in [5, 5.41) is 4.82. The molecule has 4 aromatic carbocycles. The van der Waals surface area contributed by atoms with Crippen LogP contribution in [-0.4, -0.2) is 21.3 Å². The molecule has 2 nitrogen and oxygen atoms in total. The van der Waals surface area contributed by atoms with Crippen LogP contribution in [-0.2, 0) is 0 Å². The number of hydrogen-bond donors (Lipinski definition) is 0. The second-order valence-corrected chi connectivity index (χ2v) is 12.7. The fraction of sp³-hybridized carbons (Fsp3) is 0.167. The molecule has 0 unspecified atom stereocenters. The fourth-order valence-corrected chi connectivity index (χ4v) is 7.58. The molecular weight excluding hydrogens is 430 g/mol. The molecule has 0 saturated carbocycles. The fourth-order valence-electron chi connectivity index (χ4n) is 3.93. The van der Waals surface area contributed by atoms with Gasteiger partial charge in [-0.05, 0) is 0 Å². The van der Waals surface area contributed by atoms with E-state index in [1.54, 1.807) is 0 Å². The molecule has 0 aromatic heterocycles. The third kappa shape index (κ3) is 2.99. The van der Waals surface area contributed by atoms with Crippen LogP contribution in [0.2, 0.25) is 0 Å². The molecule has 1 aliphatic rings. The summed E-state index contributed by atoms with van der Waals surface area (Å²) in [6.07, 6.45) is 3.10. The van der Waals surface area contributed by atoms with Gasteiger partial charge in [0.1, 0.15) is 0 Å². The SMILES string of the molecule is CCCCP1(=[Se])Oc2ccc3ccccc3c2-c2c(ccc3ccccc23)O1. The van der Waals surface area contributed by atoms with Crippen molar-refractivity contribution in [2.75, 3.05) is 6.16 Å². The zero-order valence-corrected chi connectivity index (χ0v) is 18.3. The Morgan fingerprint density at radius 1 is 0.714 bits per heavy atom. The van der Waals surface area contributed by atoms with Crippen molar-refractivity contribution in [2.45, 2.75) is 19.8 Å². The number of fused-ring (bicyclic) bond motifs is 7. The molecule has 140 valence electrons. The first-order valence-corrected chi connectivity index (χ1v) is 13.7. The van der Waals surface area contributed by atoms with Crippen LogP contribution in [0, 0.1) is 0 Å². The summed E-state index contributed by atoms with van der Waals surface area (Å²) in [5.74, 6) is -0.341. The molecule has 4 heteroatoms. The van der Waals surface area contributed by atoms with Crippen molar-refractivity contribution >= 4 is 42.6 Å². The monoisotopic (exact) mass is 452 g/mol. The predicted molar refractivity (Wildman–Crippen MR) is 121 cm³/mol. The molecule has 0 saturated heterocycles. The van der Waals surface area contributed by atoms with Gasteiger partial charge < -0.3 is 0 Å². The molecule has 0 fully saturated rings. The zero-order valence-electron chi connectivity index (χ0n) is 15.7. The van der Waals surface area contributed by atoms with E-state index in [1.165, 1.54) is 21.5 Å². The average Bonchev–Trinajstić information content (AvgIpc) is 2.86. The maximum absolute atomic E-state index is 6.62. The molecule has 0 aliphatic carbocycles. The first-order valence-electron chi connectivity index (χ1n) is 9.71. The van der Waals surface area contributed by atoms with Crippen LogP contribution in [0.4, 0.5) is 0 Å². The zero-order chi connectivity index (χ0) is 19.1. The second kappa shape index (κ2) is 7.08. The second-order valence-electron chi connectivity index (χ2n) is 7.19. The Balaban J connectivity index is 1.89. The van der Waals surface area contributed by atoms with Gasteiger partial charge in [-0.25, -0.2) is 0 Å². The van der Waals surface area contributed by atoms with E-state index in [-0.39, 0.29) is 0 Å². The molecule has 0 N–H and O–H groups in total. The van der Waals surface area contributed by atoms with Crippen molar-refractivity contribution in [1.29, 1.82) is 0 Å². The molecule has 0 amide bonds. The third-order valence-corrected chi connectivity index (χ3v) is 9.19.